The van der Waals surface area contributed by atoms with E-state index < -0.39 is 10.0 Å². The molecule has 20 heavy (non-hydrogen) atoms. The minimum absolute atomic E-state index is 0.287. The first-order chi connectivity index (χ1) is 9.29. The highest BCUT2D eigenvalue weighted by atomic mass is 32.2. The molecule has 5 heteroatoms. The summed E-state index contributed by atoms with van der Waals surface area (Å²) in [7, 11) is -1.55. The molecule has 1 N–H and O–H groups in total. The Bertz CT molecular complexity index is 594. The van der Waals surface area contributed by atoms with Crippen molar-refractivity contribution >= 4 is 10.0 Å². The number of sulfonamides is 1. The first-order valence-corrected chi connectivity index (χ1v) is 8.50. The molecule has 1 heterocycles. The summed E-state index contributed by atoms with van der Waals surface area (Å²) in [6.45, 7) is 7.16. The Balaban J connectivity index is 2.46. The van der Waals surface area contributed by atoms with Gasteiger partial charge < -0.3 is 5.32 Å². The molecule has 0 aromatic heterocycles. The van der Waals surface area contributed by atoms with Crippen LogP contribution < -0.4 is 5.32 Å². The third kappa shape index (κ3) is 2.75. The molecule has 1 aliphatic rings. The fourth-order valence-electron chi connectivity index (χ4n) is 2.88. The van der Waals surface area contributed by atoms with Gasteiger partial charge in [-0.3, -0.25) is 0 Å². The number of hydrogen-bond acceptors (Lipinski definition) is 3. The van der Waals surface area contributed by atoms with Crippen LogP contribution in [0.4, 0.5) is 0 Å². The predicted octanol–water partition coefficient (Wildman–Crippen LogP) is 2.28. The second-order valence-electron chi connectivity index (χ2n) is 6.12. The second-order valence-corrected chi connectivity index (χ2v) is 7.95. The molecule has 2 rings (SSSR count). The lowest BCUT2D eigenvalue weighted by molar-refractivity contribution is 0.291. The van der Waals surface area contributed by atoms with E-state index >= 15 is 0 Å². The van der Waals surface area contributed by atoms with Crippen LogP contribution in [0.1, 0.15) is 37.8 Å². The van der Waals surface area contributed by atoms with Crippen molar-refractivity contribution in [3.05, 3.63) is 29.3 Å². The molecular weight excluding hydrogens is 272 g/mol. The van der Waals surface area contributed by atoms with Crippen LogP contribution in [-0.2, 0) is 16.6 Å². The van der Waals surface area contributed by atoms with E-state index in [4.69, 9.17) is 0 Å². The minimum Gasteiger partial charge on any atom is -0.316 e. The lowest BCUT2D eigenvalue weighted by Gasteiger charge is -2.31. The van der Waals surface area contributed by atoms with Crippen LogP contribution >= 0.6 is 0 Å². The highest BCUT2D eigenvalue weighted by molar-refractivity contribution is 7.89. The number of hydrogen-bond donors (Lipinski definition) is 1. The highest BCUT2D eigenvalue weighted by Crippen LogP contribution is 2.35. The van der Waals surface area contributed by atoms with E-state index in [1.807, 2.05) is 40.0 Å². The van der Waals surface area contributed by atoms with Crippen molar-refractivity contribution in [2.24, 2.45) is 0 Å². The van der Waals surface area contributed by atoms with Crippen molar-refractivity contribution in [1.29, 1.82) is 0 Å². The SMILES string of the molecule is CNCc1ccc(C)c(S(=O)(=O)N2CCCC2(C)C)c1. The standard InChI is InChI=1S/C15H24N2O2S/c1-12-6-7-13(11-16-4)10-14(12)20(18,19)17-9-5-8-15(17,2)3/h6-7,10,16H,5,8-9,11H2,1-4H3. The zero-order chi connectivity index (χ0) is 15.0. The van der Waals surface area contributed by atoms with Gasteiger partial charge in [-0.2, -0.15) is 4.31 Å². The van der Waals surface area contributed by atoms with Crippen molar-refractivity contribution in [3.63, 3.8) is 0 Å². The number of nitrogens with zero attached hydrogens (tertiary/aromatic N) is 1. The molecule has 0 atom stereocenters. The van der Waals surface area contributed by atoms with Crippen molar-refractivity contribution in [3.8, 4) is 0 Å². The van der Waals surface area contributed by atoms with E-state index in [1.165, 1.54) is 0 Å². The lowest BCUT2D eigenvalue weighted by atomic mass is 10.0. The topological polar surface area (TPSA) is 49.4 Å². The second kappa shape index (κ2) is 5.47. The van der Waals surface area contributed by atoms with Crippen molar-refractivity contribution < 1.29 is 8.42 Å². The summed E-state index contributed by atoms with van der Waals surface area (Å²) in [5.41, 5.74) is 1.52. The summed E-state index contributed by atoms with van der Waals surface area (Å²) in [5.74, 6) is 0. The van der Waals surface area contributed by atoms with Gasteiger partial charge in [0, 0.05) is 18.6 Å². The minimum atomic E-state index is -3.41. The Morgan fingerprint density at radius 1 is 1.35 bits per heavy atom. The van der Waals surface area contributed by atoms with E-state index in [9.17, 15) is 8.42 Å². The summed E-state index contributed by atoms with van der Waals surface area (Å²) in [5, 5.41) is 3.06. The van der Waals surface area contributed by atoms with Crippen LogP contribution in [-0.4, -0.2) is 31.9 Å². The van der Waals surface area contributed by atoms with Gasteiger partial charge in [0.25, 0.3) is 0 Å². The average Bonchev–Trinajstić information content (AvgIpc) is 2.72. The van der Waals surface area contributed by atoms with Gasteiger partial charge >= 0.3 is 0 Å². The van der Waals surface area contributed by atoms with Crippen LogP contribution in [0.2, 0.25) is 0 Å². The zero-order valence-corrected chi connectivity index (χ0v) is 13.5. The van der Waals surface area contributed by atoms with Crippen molar-refractivity contribution in [2.45, 2.75) is 50.6 Å². The zero-order valence-electron chi connectivity index (χ0n) is 12.7. The molecule has 0 spiro atoms. The average molecular weight is 296 g/mol. The molecule has 0 saturated carbocycles. The molecule has 1 aromatic carbocycles. The maximum absolute atomic E-state index is 12.9. The van der Waals surface area contributed by atoms with E-state index in [0.717, 1.165) is 24.0 Å². The largest absolute Gasteiger partial charge is 0.316 e. The molecule has 1 saturated heterocycles. The highest BCUT2D eigenvalue weighted by Gasteiger charge is 2.41. The van der Waals surface area contributed by atoms with E-state index in [-0.39, 0.29) is 5.54 Å². The maximum Gasteiger partial charge on any atom is 0.243 e. The van der Waals surface area contributed by atoms with Crippen LogP contribution in [0.3, 0.4) is 0 Å². The third-order valence-corrected chi connectivity index (χ3v) is 6.28. The van der Waals surface area contributed by atoms with Crippen molar-refractivity contribution in [1.82, 2.24) is 9.62 Å². The summed E-state index contributed by atoms with van der Waals surface area (Å²) in [6, 6.07) is 5.66. The molecule has 4 nitrogen and oxygen atoms in total. The predicted molar refractivity (Wildman–Crippen MR) is 81.1 cm³/mol. The first-order valence-electron chi connectivity index (χ1n) is 7.06. The van der Waals surface area contributed by atoms with E-state index in [2.05, 4.69) is 5.32 Å². The summed E-state index contributed by atoms with van der Waals surface area (Å²) in [6.07, 6.45) is 1.85. The van der Waals surface area contributed by atoms with Gasteiger partial charge in [-0.05, 0) is 57.9 Å². The quantitative estimate of drug-likeness (QED) is 0.927. The Kier molecular flexibility index (Phi) is 4.23. The Morgan fingerprint density at radius 3 is 2.60 bits per heavy atom. The van der Waals surface area contributed by atoms with Gasteiger partial charge in [-0.15, -0.1) is 0 Å². The fraction of sp³-hybridized carbons (Fsp3) is 0.600. The molecule has 0 radical (unpaired) electrons. The van der Waals surface area contributed by atoms with Gasteiger partial charge in [0.15, 0.2) is 0 Å². The van der Waals surface area contributed by atoms with Crippen LogP contribution in [0.15, 0.2) is 23.1 Å². The number of benzene rings is 1. The number of aryl methyl sites for hydroxylation is 1. The van der Waals surface area contributed by atoms with Gasteiger partial charge in [0.05, 0.1) is 4.90 Å². The van der Waals surface area contributed by atoms with Crippen LogP contribution in [0.25, 0.3) is 0 Å². The molecule has 0 aliphatic carbocycles. The smallest absolute Gasteiger partial charge is 0.243 e. The van der Waals surface area contributed by atoms with Gasteiger partial charge in [-0.1, -0.05) is 12.1 Å². The summed E-state index contributed by atoms with van der Waals surface area (Å²) in [4.78, 5) is 0.445. The Hall–Kier alpha value is -0.910. The molecule has 1 aliphatic heterocycles. The molecular formula is C15H24N2O2S. The summed E-state index contributed by atoms with van der Waals surface area (Å²) >= 11 is 0. The van der Waals surface area contributed by atoms with Crippen LogP contribution in [0, 0.1) is 6.92 Å². The third-order valence-electron chi connectivity index (χ3n) is 4.03. The van der Waals surface area contributed by atoms with Crippen LogP contribution in [0.5, 0.6) is 0 Å². The molecule has 0 amide bonds. The van der Waals surface area contributed by atoms with Crippen molar-refractivity contribution in [2.75, 3.05) is 13.6 Å². The molecule has 112 valence electrons. The van der Waals surface area contributed by atoms with E-state index in [1.54, 1.807) is 10.4 Å². The molecule has 1 fully saturated rings. The lowest BCUT2D eigenvalue weighted by Crippen LogP contribution is -2.42. The summed E-state index contributed by atoms with van der Waals surface area (Å²) < 4.78 is 27.5. The Labute approximate surface area is 122 Å². The molecule has 0 unspecified atom stereocenters. The maximum atomic E-state index is 12.9. The molecule has 0 bridgehead atoms. The molecule has 1 aromatic rings. The number of rotatable bonds is 4. The fourth-order valence-corrected chi connectivity index (χ4v) is 5.01. The normalized spacial score (nSPS) is 19.4. The van der Waals surface area contributed by atoms with E-state index in [0.29, 0.717) is 18.0 Å². The first kappa shape index (κ1) is 15.5. The number of nitrogens with one attached hydrogen (secondary N) is 1. The Morgan fingerprint density at radius 2 is 2.05 bits per heavy atom. The van der Waals surface area contributed by atoms with Gasteiger partial charge in [-0.25, -0.2) is 8.42 Å². The van der Waals surface area contributed by atoms with Gasteiger partial charge in [0.1, 0.15) is 0 Å². The van der Waals surface area contributed by atoms with Gasteiger partial charge in [0.2, 0.25) is 10.0 Å². The monoisotopic (exact) mass is 296 g/mol.